The van der Waals surface area contributed by atoms with Gasteiger partial charge in [-0.05, 0) is 25.1 Å². The summed E-state index contributed by atoms with van der Waals surface area (Å²) >= 11 is 1.47. The molecule has 0 aliphatic heterocycles. The van der Waals surface area contributed by atoms with Gasteiger partial charge in [-0.1, -0.05) is 6.92 Å². The maximum absolute atomic E-state index is 13.6. The van der Waals surface area contributed by atoms with Crippen molar-refractivity contribution in [3.63, 3.8) is 0 Å². The van der Waals surface area contributed by atoms with Gasteiger partial charge in [-0.3, -0.25) is 0 Å². The summed E-state index contributed by atoms with van der Waals surface area (Å²) in [4.78, 5) is 4.34. The van der Waals surface area contributed by atoms with Gasteiger partial charge in [-0.25, -0.2) is 13.8 Å². The zero-order valence-corrected chi connectivity index (χ0v) is 10.9. The smallest absolute Gasteiger partial charge is 0.135 e. The van der Waals surface area contributed by atoms with Crippen LogP contribution in [0.25, 0.3) is 11.3 Å². The normalized spacial score (nSPS) is 10.8. The molecule has 2 nitrogen and oxygen atoms in total. The molecule has 0 aliphatic carbocycles. The van der Waals surface area contributed by atoms with E-state index in [1.54, 1.807) is 5.38 Å². The standard InChI is InChI=1S/C13H14F2N2S/c1-2-5-16-7-13-17-12(8-18-13)10-4-3-9(14)6-11(10)15/h3-4,6,8,16H,2,5,7H2,1H3. The molecule has 0 amide bonds. The van der Waals surface area contributed by atoms with Crippen molar-refractivity contribution in [1.82, 2.24) is 10.3 Å². The number of hydrogen-bond donors (Lipinski definition) is 1. The van der Waals surface area contributed by atoms with Crippen molar-refractivity contribution in [2.24, 2.45) is 0 Å². The van der Waals surface area contributed by atoms with Gasteiger partial charge >= 0.3 is 0 Å². The number of aromatic nitrogens is 1. The van der Waals surface area contributed by atoms with Crippen LogP contribution in [0.5, 0.6) is 0 Å². The van der Waals surface area contributed by atoms with E-state index >= 15 is 0 Å². The summed E-state index contributed by atoms with van der Waals surface area (Å²) < 4.78 is 26.4. The van der Waals surface area contributed by atoms with Gasteiger partial charge in [-0.15, -0.1) is 11.3 Å². The number of rotatable bonds is 5. The summed E-state index contributed by atoms with van der Waals surface area (Å²) in [7, 11) is 0. The molecule has 0 saturated carbocycles. The van der Waals surface area contributed by atoms with Crippen LogP contribution in [0, 0.1) is 11.6 Å². The Balaban J connectivity index is 2.13. The topological polar surface area (TPSA) is 24.9 Å². The first-order valence-corrected chi connectivity index (χ1v) is 6.69. The molecule has 0 aliphatic rings. The summed E-state index contributed by atoms with van der Waals surface area (Å²) in [5.74, 6) is -1.15. The molecule has 18 heavy (non-hydrogen) atoms. The predicted molar refractivity (Wildman–Crippen MR) is 69.5 cm³/mol. The molecule has 0 radical (unpaired) electrons. The number of benzene rings is 1. The third-order valence-corrected chi connectivity index (χ3v) is 3.31. The van der Waals surface area contributed by atoms with Gasteiger partial charge in [0, 0.05) is 23.6 Å². The third-order valence-electron chi connectivity index (χ3n) is 2.46. The highest BCUT2D eigenvalue weighted by Crippen LogP contribution is 2.25. The number of halogens is 2. The van der Waals surface area contributed by atoms with Crippen molar-refractivity contribution in [3.05, 3.63) is 40.2 Å². The van der Waals surface area contributed by atoms with Crippen LogP contribution >= 0.6 is 11.3 Å². The largest absolute Gasteiger partial charge is 0.310 e. The van der Waals surface area contributed by atoms with Gasteiger partial charge in [0.2, 0.25) is 0 Å². The second-order valence-corrected chi connectivity index (χ2v) is 4.87. The molecule has 1 heterocycles. The number of hydrogen-bond acceptors (Lipinski definition) is 3. The Bertz CT molecular complexity index is 525. The van der Waals surface area contributed by atoms with Crippen molar-refractivity contribution in [3.8, 4) is 11.3 Å². The second-order valence-electron chi connectivity index (χ2n) is 3.93. The van der Waals surface area contributed by atoms with Gasteiger partial charge in [0.1, 0.15) is 16.6 Å². The minimum Gasteiger partial charge on any atom is -0.310 e. The van der Waals surface area contributed by atoms with Crippen LogP contribution < -0.4 is 5.32 Å². The Kier molecular flexibility index (Phi) is 4.38. The van der Waals surface area contributed by atoms with E-state index in [1.165, 1.54) is 23.5 Å². The van der Waals surface area contributed by atoms with E-state index in [9.17, 15) is 8.78 Å². The van der Waals surface area contributed by atoms with Gasteiger partial charge in [0.25, 0.3) is 0 Å². The fraction of sp³-hybridized carbons (Fsp3) is 0.308. The highest BCUT2D eigenvalue weighted by molar-refractivity contribution is 7.09. The zero-order valence-electron chi connectivity index (χ0n) is 10.0. The maximum Gasteiger partial charge on any atom is 0.135 e. The molecule has 0 fully saturated rings. The molecule has 0 unspecified atom stereocenters. The van der Waals surface area contributed by atoms with Gasteiger partial charge in [0.15, 0.2) is 0 Å². The first-order valence-electron chi connectivity index (χ1n) is 5.81. The Morgan fingerprint density at radius 1 is 1.33 bits per heavy atom. The molecule has 0 spiro atoms. The lowest BCUT2D eigenvalue weighted by molar-refractivity contribution is 0.585. The van der Waals surface area contributed by atoms with Gasteiger partial charge in [-0.2, -0.15) is 0 Å². The van der Waals surface area contributed by atoms with Crippen LogP contribution in [0.2, 0.25) is 0 Å². The average molecular weight is 268 g/mol. The summed E-state index contributed by atoms with van der Waals surface area (Å²) in [5, 5.41) is 5.93. The van der Waals surface area contributed by atoms with Crippen LogP contribution in [0.4, 0.5) is 8.78 Å². The Hall–Kier alpha value is -1.33. The highest BCUT2D eigenvalue weighted by Gasteiger charge is 2.10. The number of nitrogens with zero attached hydrogens (tertiary/aromatic N) is 1. The molecular weight excluding hydrogens is 254 g/mol. The molecular formula is C13H14F2N2S. The predicted octanol–water partition coefficient (Wildman–Crippen LogP) is 3.59. The lowest BCUT2D eigenvalue weighted by Gasteiger charge is -2.00. The SMILES string of the molecule is CCCNCc1nc(-c2ccc(F)cc2F)cs1. The van der Waals surface area contributed by atoms with Crippen molar-refractivity contribution in [2.75, 3.05) is 6.54 Å². The van der Waals surface area contributed by atoms with Crippen molar-refractivity contribution in [1.29, 1.82) is 0 Å². The van der Waals surface area contributed by atoms with E-state index < -0.39 is 11.6 Å². The average Bonchev–Trinajstić information content (AvgIpc) is 2.78. The lowest BCUT2D eigenvalue weighted by Crippen LogP contribution is -2.13. The molecule has 0 saturated heterocycles. The molecule has 2 aromatic rings. The van der Waals surface area contributed by atoms with Crippen LogP contribution in [-0.2, 0) is 6.54 Å². The van der Waals surface area contributed by atoms with Crippen molar-refractivity contribution >= 4 is 11.3 Å². The zero-order chi connectivity index (χ0) is 13.0. The number of nitrogens with one attached hydrogen (secondary N) is 1. The van der Waals surface area contributed by atoms with Crippen LogP contribution in [0.3, 0.4) is 0 Å². The minimum absolute atomic E-state index is 0.342. The van der Waals surface area contributed by atoms with Crippen molar-refractivity contribution in [2.45, 2.75) is 19.9 Å². The molecule has 0 atom stereocenters. The summed E-state index contributed by atoms with van der Waals surface area (Å²) in [6, 6.07) is 3.54. The Labute approximate surface area is 109 Å². The monoisotopic (exact) mass is 268 g/mol. The van der Waals surface area contributed by atoms with Crippen LogP contribution in [0.15, 0.2) is 23.6 Å². The van der Waals surface area contributed by atoms with Crippen LogP contribution in [0.1, 0.15) is 18.4 Å². The first kappa shape index (κ1) is 13.1. The highest BCUT2D eigenvalue weighted by atomic mass is 32.1. The quantitative estimate of drug-likeness (QED) is 0.838. The molecule has 1 aromatic heterocycles. The molecule has 5 heteroatoms. The van der Waals surface area contributed by atoms with Crippen molar-refractivity contribution < 1.29 is 8.78 Å². The second kappa shape index (κ2) is 6.02. The van der Waals surface area contributed by atoms with Gasteiger partial charge < -0.3 is 5.32 Å². The fourth-order valence-electron chi connectivity index (χ4n) is 1.59. The van der Waals surface area contributed by atoms with E-state index in [0.717, 1.165) is 24.0 Å². The molecule has 0 bridgehead atoms. The molecule has 1 N–H and O–H groups in total. The minimum atomic E-state index is -0.576. The lowest BCUT2D eigenvalue weighted by atomic mass is 10.1. The fourth-order valence-corrected chi connectivity index (χ4v) is 2.35. The van der Waals surface area contributed by atoms with Gasteiger partial charge in [0.05, 0.1) is 5.69 Å². The first-order chi connectivity index (χ1) is 8.70. The molecule has 96 valence electrons. The maximum atomic E-state index is 13.6. The molecule has 1 aromatic carbocycles. The third kappa shape index (κ3) is 3.11. The van der Waals surface area contributed by atoms with E-state index in [1.807, 2.05) is 0 Å². The summed E-state index contributed by atoms with van der Waals surface area (Å²) in [6.07, 6.45) is 1.06. The van der Waals surface area contributed by atoms with E-state index in [4.69, 9.17) is 0 Å². The Morgan fingerprint density at radius 3 is 2.89 bits per heavy atom. The summed E-state index contributed by atoms with van der Waals surface area (Å²) in [6.45, 7) is 3.70. The van der Waals surface area contributed by atoms with E-state index in [2.05, 4.69) is 17.2 Å². The Morgan fingerprint density at radius 2 is 2.17 bits per heavy atom. The van der Waals surface area contributed by atoms with E-state index in [-0.39, 0.29) is 0 Å². The van der Waals surface area contributed by atoms with E-state index in [0.29, 0.717) is 17.8 Å². The van der Waals surface area contributed by atoms with Crippen LogP contribution in [-0.4, -0.2) is 11.5 Å². The summed E-state index contributed by atoms with van der Waals surface area (Å²) in [5.41, 5.74) is 0.903. The number of thiazole rings is 1. The molecule has 2 rings (SSSR count).